The van der Waals surface area contributed by atoms with Gasteiger partial charge in [0.05, 0.1) is 11.1 Å². The summed E-state index contributed by atoms with van der Waals surface area (Å²) in [5, 5.41) is 9.12. The van der Waals surface area contributed by atoms with Crippen LogP contribution in [-0.2, 0) is 6.18 Å². The van der Waals surface area contributed by atoms with Crippen LogP contribution in [0.1, 0.15) is 21.5 Å². The van der Waals surface area contributed by atoms with Crippen molar-refractivity contribution in [3.05, 3.63) is 58.9 Å². The summed E-state index contributed by atoms with van der Waals surface area (Å²) >= 11 is 0. The summed E-state index contributed by atoms with van der Waals surface area (Å²) in [6.45, 7) is 1.41. The van der Waals surface area contributed by atoms with Gasteiger partial charge in [-0.2, -0.15) is 13.2 Å². The molecule has 0 aliphatic heterocycles. The minimum Gasteiger partial charge on any atom is -0.478 e. The summed E-state index contributed by atoms with van der Waals surface area (Å²) in [4.78, 5) is 11.2. The van der Waals surface area contributed by atoms with E-state index >= 15 is 0 Å². The van der Waals surface area contributed by atoms with Gasteiger partial charge in [0, 0.05) is 0 Å². The number of hydrogen-bond acceptors (Lipinski definition) is 1. The lowest BCUT2D eigenvalue weighted by molar-refractivity contribution is -0.137. The molecule has 0 spiro atoms. The van der Waals surface area contributed by atoms with E-state index in [1.807, 2.05) is 0 Å². The van der Waals surface area contributed by atoms with Crippen LogP contribution in [0.15, 0.2) is 36.4 Å². The predicted molar refractivity (Wildman–Crippen MR) is 68.5 cm³/mol. The Balaban J connectivity index is 2.56. The molecule has 0 fully saturated rings. The summed E-state index contributed by atoms with van der Waals surface area (Å²) < 4.78 is 51.1. The van der Waals surface area contributed by atoms with E-state index in [1.54, 1.807) is 0 Å². The van der Waals surface area contributed by atoms with Crippen LogP contribution in [-0.4, -0.2) is 11.1 Å². The molecule has 1 N–H and O–H groups in total. The zero-order valence-electron chi connectivity index (χ0n) is 10.8. The van der Waals surface area contributed by atoms with Gasteiger partial charge >= 0.3 is 12.1 Å². The normalized spacial score (nSPS) is 11.5. The van der Waals surface area contributed by atoms with Crippen LogP contribution in [0.5, 0.6) is 0 Å². The summed E-state index contributed by atoms with van der Waals surface area (Å²) in [5.41, 5.74) is -0.606. The highest BCUT2D eigenvalue weighted by Crippen LogP contribution is 2.32. The number of carboxylic acids is 1. The maximum Gasteiger partial charge on any atom is 0.416 e. The van der Waals surface area contributed by atoms with Gasteiger partial charge in [-0.1, -0.05) is 12.1 Å². The Morgan fingerprint density at radius 1 is 1.10 bits per heavy atom. The number of rotatable bonds is 2. The first-order valence-corrected chi connectivity index (χ1v) is 5.91. The fourth-order valence-corrected chi connectivity index (χ4v) is 1.94. The first-order chi connectivity index (χ1) is 9.70. The van der Waals surface area contributed by atoms with Crippen molar-refractivity contribution in [1.82, 2.24) is 0 Å². The molecule has 21 heavy (non-hydrogen) atoms. The Morgan fingerprint density at radius 3 is 2.14 bits per heavy atom. The van der Waals surface area contributed by atoms with E-state index in [1.165, 1.54) is 6.92 Å². The smallest absolute Gasteiger partial charge is 0.416 e. The highest BCUT2D eigenvalue weighted by atomic mass is 19.4. The van der Waals surface area contributed by atoms with Crippen molar-refractivity contribution in [3.63, 3.8) is 0 Å². The minimum absolute atomic E-state index is 0.0410. The van der Waals surface area contributed by atoms with Crippen LogP contribution >= 0.6 is 0 Å². The third kappa shape index (κ3) is 3.04. The molecule has 0 aliphatic carbocycles. The number of carboxylic acid groups (broad SMARTS) is 1. The van der Waals surface area contributed by atoms with Crippen LogP contribution in [0.4, 0.5) is 17.6 Å². The second kappa shape index (κ2) is 5.20. The number of halogens is 4. The molecule has 2 aromatic rings. The molecule has 0 saturated heterocycles. The molecule has 0 aromatic heterocycles. The lowest BCUT2D eigenvalue weighted by Crippen LogP contribution is -2.05. The molecule has 110 valence electrons. The zero-order valence-corrected chi connectivity index (χ0v) is 10.8. The molecule has 2 nitrogen and oxygen atoms in total. The fraction of sp³-hybridized carbons (Fsp3) is 0.133. The fourth-order valence-electron chi connectivity index (χ4n) is 1.94. The number of aryl methyl sites for hydroxylation is 1. The van der Waals surface area contributed by atoms with Crippen molar-refractivity contribution < 1.29 is 27.5 Å². The van der Waals surface area contributed by atoms with E-state index in [0.717, 1.165) is 36.4 Å². The number of carbonyl (C=O) groups is 1. The average Bonchev–Trinajstić information content (AvgIpc) is 2.40. The predicted octanol–water partition coefficient (Wildman–Crippen LogP) is 4.52. The Labute approximate surface area is 117 Å². The largest absolute Gasteiger partial charge is 0.478 e. The molecule has 6 heteroatoms. The topological polar surface area (TPSA) is 37.3 Å². The molecule has 0 aliphatic rings. The lowest BCUT2D eigenvalue weighted by atomic mass is 9.96. The quantitative estimate of drug-likeness (QED) is 0.828. The van der Waals surface area contributed by atoms with Crippen LogP contribution in [0.3, 0.4) is 0 Å². The Hall–Kier alpha value is -2.37. The summed E-state index contributed by atoms with van der Waals surface area (Å²) in [7, 11) is 0. The van der Waals surface area contributed by atoms with Gasteiger partial charge < -0.3 is 5.11 Å². The van der Waals surface area contributed by atoms with Crippen LogP contribution in [0.25, 0.3) is 11.1 Å². The van der Waals surface area contributed by atoms with Crippen molar-refractivity contribution in [3.8, 4) is 11.1 Å². The first kappa shape index (κ1) is 15.0. The van der Waals surface area contributed by atoms with Gasteiger partial charge in [0.1, 0.15) is 5.82 Å². The molecule has 0 atom stereocenters. The van der Waals surface area contributed by atoms with Crippen molar-refractivity contribution >= 4 is 5.97 Å². The van der Waals surface area contributed by atoms with Gasteiger partial charge in [-0.3, -0.25) is 0 Å². The Morgan fingerprint density at radius 2 is 1.67 bits per heavy atom. The second-order valence-corrected chi connectivity index (χ2v) is 4.53. The number of hydrogen-bond donors (Lipinski definition) is 1. The summed E-state index contributed by atoms with van der Waals surface area (Å²) in [6, 6.07) is 6.09. The van der Waals surface area contributed by atoms with E-state index in [-0.39, 0.29) is 22.3 Å². The highest BCUT2D eigenvalue weighted by Gasteiger charge is 2.30. The lowest BCUT2D eigenvalue weighted by Gasteiger charge is -2.11. The van der Waals surface area contributed by atoms with Gasteiger partial charge in [0.2, 0.25) is 0 Å². The molecule has 0 radical (unpaired) electrons. The monoisotopic (exact) mass is 298 g/mol. The maximum atomic E-state index is 13.6. The third-order valence-corrected chi connectivity index (χ3v) is 3.05. The molecule has 2 rings (SSSR count). The molecule has 2 aromatic carbocycles. The molecule has 0 amide bonds. The van der Waals surface area contributed by atoms with Crippen molar-refractivity contribution in [2.24, 2.45) is 0 Å². The zero-order chi connectivity index (χ0) is 15.8. The SMILES string of the molecule is Cc1cc(C(=O)O)c(-c2ccc(C(F)(F)F)cc2)cc1F. The minimum atomic E-state index is -4.48. The molecular formula is C15H10F4O2. The Bertz CT molecular complexity index is 688. The standard InChI is InChI=1S/C15H10F4O2/c1-8-6-12(14(20)21)11(7-13(8)16)9-2-4-10(5-3-9)15(17,18)19/h2-7H,1H3,(H,20,21). The molecular weight excluding hydrogens is 288 g/mol. The van der Waals surface area contributed by atoms with Crippen LogP contribution in [0.2, 0.25) is 0 Å². The van der Waals surface area contributed by atoms with E-state index in [4.69, 9.17) is 5.11 Å². The van der Waals surface area contributed by atoms with Crippen molar-refractivity contribution in [2.45, 2.75) is 13.1 Å². The highest BCUT2D eigenvalue weighted by molar-refractivity contribution is 5.96. The van der Waals surface area contributed by atoms with Crippen LogP contribution < -0.4 is 0 Å². The number of aromatic carboxylic acids is 1. The summed E-state index contributed by atoms with van der Waals surface area (Å²) in [5.74, 6) is -1.89. The van der Waals surface area contributed by atoms with E-state index in [2.05, 4.69) is 0 Å². The molecule has 0 saturated carbocycles. The average molecular weight is 298 g/mol. The number of alkyl halides is 3. The van der Waals surface area contributed by atoms with E-state index in [0.29, 0.717) is 0 Å². The van der Waals surface area contributed by atoms with E-state index < -0.39 is 23.5 Å². The van der Waals surface area contributed by atoms with Crippen LogP contribution in [0, 0.1) is 12.7 Å². The second-order valence-electron chi connectivity index (χ2n) is 4.53. The van der Waals surface area contributed by atoms with Gasteiger partial charge in [-0.25, -0.2) is 9.18 Å². The van der Waals surface area contributed by atoms with E-state index in [9.17, 15) is 22.4 Å². The molecule has 0 unspecified atom stereocenters. The summed E-state index contributed by atoms with van der Waals surface area (Å²) in [6.07, 6.45) is -4.48. The van der Waals surface area contributed by atoms with Gasteiger partial charge in [-0.05, 0) is 47.9 Å². The van der Waals surface area contributed by atoms with Gasteiger partial charge in [-0.15, -0.1) is 0 Å². The van der Waals surface area contributed by atoms with Crippen molar-refractivity contribution in [2.75, 3.05) is 0 Å². The molecule has 0 bridgehead atoms. The number of benzene rings is 2. The maximum absolute atomic E-state index is 13.6. The Kier molecular flexibility index (Phi) is 3.72. The van der Waals surface area contributed by atoms with Gasteiger partial charge in [0.25, 0.3) is 0 Å². The van der Waals surface area contributed by atoms with Crippen molar-refractivity contribution in [1.29, 1.82) is 0 Å². The van der Waals surface area contributed by atoms with Gasteiger partial charge in [0.15, 0.2) is 0 Å². The molecule has 0 heterocycles. The third-order valence-electron chi connectivity index (χ3n) is 3.05. The first-order valence-electron chi connectivity index (χ1n) is 5.91.